The number of carbonyl (C=O) groups is 4. The Balaban J connectivity index is 5.23. The summed E-state index contributed by atoms with van der Waals surface area (Å²) in [4.78, 5) is 73.3. The number of esters is 4. The molecule has 0 aliphatic heterocycles. The first-order valence-electron chi connectivity index (χ1n) is 45.3. The highest BCUT2D eigenvalue weighted by atomic mass is 31.2. The third kappa shape index (κ3) is 79.1. The second kappa shape index (κ2) is 76.7. The molecule has 0 fully saturated rings. The molecule has 0 radical (unpaired) electrons. The average molecular weight is 1560 g/mol. The van der Waals surface area contributed by atoms with Crippen LogP contribution in [0.25, 0.3) is 0 Å². The minimum absolute atomic E-state index is 0.106. The third-order valence-corrected chi connectivity index (χ3v) is 23.2. The fraction of sp³-hybridized carbons (Fsp3) is 0.955. The normalized spacial score (nSPS) is 14.4. The fourth-order valence-electron chi connectivity index (χ4n) is 13.6. The maximum atomic E-state index is 13.2. The lowest BCUT2D eigenvalue weighted by atomic mass is 9.99. The van der Waals surface area contributed by atoms with Crippen LogP contribution in [0.3, 0.4) is 0 Å². The van der Waals surface area contributed by atoms with E-state index in [-0.39, 0.29) is 25.7 Å². The van der Waals surface area contributed by atoms with E-state index in [4.69, 9.17) is 37.0 Å². The zero-order valence-electron chi connectivity index (χ0n) is 70.8. The van der Waals surface area contributed by atoms with Gasteiger partial charge in [0.15, 0.2) is 12.2 Å². The summed E-state index contributed by atoms with van der Waals surface area (Å²) in [6, 6.07) is 0. The summed E-state index contributed by atoms with van der Waals surface area (Å²) in [7, 11) is -9.93. The van der Waals surface area contributed by atoms with Crippen LogP contribution in [-0.2, 0) is 65.4 Å². The van der Waals surface area contributed by atoms with Crippen molar-refractivity contribution in [3.63, 3.8) is 0 Å². The molecule has 0 aromatic heterocycles. The molecule has 0 aliphatic rings. The molecule has 0 aromatic carbocycles. The van der Waals surface area contributed by atoms with Gasteiger partial charge in [0, 0.05) is 25.7 Å². The molecule has 107 heavy (non-hydrogen) atoms. The minimum Gasteiger partial charge on any atom is -0.462 e. The van der Waals surface area contributed by atoms with Gasteiger partial charge in [0.25, 0.3) is 0 Å². The molecule has 0 rings (SSSR count). The smallest absolute Gasteiger partial charge is 0.462 e. The second-order valence-corrected chi connectivity index (χ2v) is 36.0. The van der Waals surface area contributed by atoms with Crippen LogP contribution in [-0.4, -0.2) is 96.7 Å². The molecule has 19 heteroatoms. The van der Waals surface area contributed by atoms with Gasteiger partial charge in [-0.05, 0) is 49.4 Å². The molecule has 0 saturated heterocycles. The van der Waals surface area contributed by atoms with Crippen LogP contribution in [0.5, 0.6) is 0 Å². The first-order valence-corrected chi connectivity index (χ1v) is 48.3. The zero-order valence-corrected chi connectivity index (χ0v) is 72.6. The van der Waals surface area contributed by atoms with Crippen molar-refractivity contribution in [2.45, 2.75) is 478 Å². The highest BCUT2D eigenvalue weighted by molar-refractivity contribution is 7.47. The molecule has 7 atom stereocenters. The molecule has 0 saturated carbocycles. The summed E-state index contributed by atoms with van der Waals surface area (Å²) < 4.78 is 68.9. The monoisotopic (exact) mass is 1560 g/mol. The quantitative estimate of drug-likeness (QED) is 0.0222. The number of phosphoric ester groups is 2. The van der Waals surface area contributed by atoms with Gasteiger partial charge in [-0.2, -0.15) is 0 Å². The van der Waals surface area contributed by atoms with Gasteiger partial charge < -0.3 is 33.8 Å². The van der Waals surface area contributed by atoms with E-state index in [1.807, 2.05) is 0 Å². The molecule has 3 N–H and O–H groups in total. The Bertz CT molecular complexity index is 2080. The lowest BCUT2D eigenvalue weighted by Crippen LogP contribution is -2.30. The van der Waals surface area contributed by atoms with E-state index in [0.717, 1.165) is 120 Å². The van der Waals surface area contributed by atoms with Gasteiger partial charge in [0.05, 0.1) is 26.4 Å². The van der Waals surface area contributed by atoms with Crippen molar-refractivity contribution in [2.24, 2.45) is 23.7 Å². The van der Waals surface area contributed by atoms with Crippen LogP contribution in [0.4, 0.5) is 0 Å². The Hall–Kier alpha value is -1.94. The lowest BCUT2D eigenvalue weighted by Gasteiger charge is -2.21. The SMILES string of the molecule is CCC(C)CCCCCCCCCCCCCCCCCCCCC(=O)O[C@H](COC(=O)CCCCCCCCCCCCCCCCCCC(C)C)COP(=O)(O)OC[C@@H](O)COP(=O)(O)OC[C@@H](COC(=O)CCCCCCCCC(C)CC)OC(=O)CCCCCCCCCCCCCCCC(C)C. The molecule has 17 nitrogen and oxygen atoms in total. The second-order valence-electron chi connectivity index (χ2n) is 33.1. The van der Waals surface area contributed by atoms with Gasteiger partial charge in [-0.25, -0.2) is 9.13 Å². The summed E-state index contributed by atoms with van der Waals surface area (Å²) in [5.74, 6) is 1.09. The van der Waals surface area contributed by atoms with E-state index >= 15 is 0 Å². The number of hydrogen-bond acceptors (Lipinski definition) is 15. The first-order chi connectivity index (χ1) is 51.7. The Labute approximate surface area is 658 Å². The Morgan fingerprint density at radius 2 is 0.449 bits per heavy atom. The van der Waals surface area contributed by atoms with Crippen LogP contribution in [0.15, 0.2) is 0 Å². The molecular formula is C88H172O17P2. The summed E-state index contributed by atoms with van der Waals surface area (Å²) >= 11 is 0. The predicted octanol–water partition coefficient (Wildman–Crippen LogP) is 26.7. The van der Waals surface area contributed by atoms with E-state index in [1.165, 1.54) is 257 Å². The Kier molecular flexibility index (Phi) is 75.3. The van der Waals surface area contributed by atoms with Crippen LogP contribution < -0.4 is 0 Å². The van der Waals surface area contributed by atoms with Crippen molar-refractivity contribution in [3.05, 3.63) is 0 Å². The Morgan fingerprint density at radius 1 is 0.262 bits per heavy atom. The molecule has 0 aliphatic carbocycles. The van der Waals surface area contributed by atoms with Gasteiger partial charge in [-0.1, -0.05) is 409 Å². The molecule has 636 valence electrons. The van der Waals surface area contributed by atoms with Crippen molar-refractivity contribution < 1.29 is 80.2 Å². The van der Waals surface area contributed by atoms with E-state index < -0.39 is 97.5 Å². The standard InChI is InChI=1S/C88H172O17P2/c1-9-80(7)66-58-50-42-36-30-24-18-13-11-12-14-20-26-32-38-44-54-62-70-87(92)104-83(74-98-85(90)68-60-52-43-37-31-25-19-16-15-17-22-28-34-40-48-56-64-78(3)4)76-102-106(94,95)100-72-82(89)73-101-107(96,97)103-77-84(75-99-86(91)69-61-53-47-46-51-59-67-81(8)10-2)105-88(93)71-63-55-45-39-33-27-21-23-29-35-41-49-57-65-79(5)6/h78-84,89H,9-77H2,1-8H3,(H,94,95)(H,96,97)/t80?,81?,82-,83-,84-/m1/s1. The topological polar surface area (TPSA) is 237 Å². The van der Waals surface area contributed by atoms with E-state index in [2.05, 4.69) is 55.4 Å². The third-order valence-electron chi connectivity index (χ3n) is 21.3. The first kappa shape index (κ1) is 105. The van der Waals surface area contributed by atoms with Gasteiger partial charge in [0.2, 0.25) is 0 Å². The zero-order chi connectivity index (χ0) is 78.8. The molecule has 0 spiro atoms. The van der Waals surface area contributed by atoms with E-state index in [1.54, 1.807) is 0 Å². The van der Waals surface area contributed by atoms with Gasteiger partial charge in [0.1, 0.15) is 19.3 Å². The van der Waals surface area contributed by atoms with E-state index in [0.29, 0.717) is 25.7 Å². The minimum atomic E-state index is -4.97. The number of phosphoric acid groups is 2. The highest BCUT2D eigenvalue weighted by Gasteiger charge is 2.31. The van der Waals surface area contributed by atoms with Crippen molar-refractivity contribution in [2.75, 3.05) is 39.6 Å². The van der Waals surface area contributed by atoms with Crippen LogP contribution in [0.2, 0.25) is 0 Å². The van der Waals surface area contributed by atoms with Crippen molar-refractivity contribution in [3.8, 4) is 0 Å². The van der Waals surface area contributed by atoms with Gasteiger partial charge in [-0.15, -0.1) is 0 Å². The highest BCUT2D eigenvalue weighted by Crippen LogP contribution is 2.45. The van der Waals surface area contributed by atoms with Crippen LogP contribution in [0.1, 0.15) is 460 Å². The average Bonchev–Trinajstić information content (AvgIpc) is 0.901. The molecule has 0 amide bonds. The summed E-state index contributed by atoms with van der Waals surface area (Å²) in [5, 5.41) is 10.7. The van der Waals surface area contributed by atoms with Gasteiger partial charge >= 0.3 is 39.5 Å². The number of hydrogen-bond donors (Lipinski definition) is 3. The maximum absolute atomic E-state index is 13.2. The molecule has 0 heterocycles. The van der Waals surface area contributed by atoms with Crippen molar-refractivity contribution in [1.82, 2.24) is 0 Å². The number of ether oxygens (including phenoxy) is 4. The van der Waals surface area contributed by atoms with Crippen LogP contribution >= 0.6 is 15.6 Å². The number of aliphatic hydroxyl groups excluding tert-OH is 1. The molecule has 4 unspecified atom stereocenters. The van der Waals surface area contributed by atoms with Crippen molar-refractivity contribution >= 4 is 39.5 Å². The lowest BCUT2D eigenvalue weighted by molar-refractivity contribution is -0.161. The number of aliphatic hydroxyl groups is 1. The number of rotatable bonds is 85. The maximum Gasteiger partial charge on any atom is 0.472 e. The summed E-state index contributed by atoms with van der Waals surface area (Å²) in [6.07, 6.45) is 66.7. The largest absolute Gasteiger partial charge is 0.472 e. The number of carbonyl (C=O) groups excluding carboxylic acids is 4. The Morgan fingerprint density at radius 3 is 0.664 bits per heavy atom. The van der Waals surface area contributed by atoms with Crippen LogP contribution in [0, 0.1) is 23.7 Å². The molecule has 0 bridgehead atoms. The summed E-state index contributed by atoms with van der Waals surface area (Å²) in [6.45, 7) is 14.4. The van der Waals surface area contributed by atoms with Gasteiger partial charge in [-0.3, -0.25) is 37.3 Å². The molecule has 0 aromatic rings. The summed E-state index contributed by atoms with van der Waals surface area (Å²) in [5.41, 5.74) is 0. The predicted molar refractivity (Wildman–Crippen MR) is 441 cm³/mol. The number of unbranched alkanes of at least 4 members (excludes halogenated alkanes) is 49. The molecular weight excluding hydrogens is 1390 g/mol. The van der Waals surface area contributed by atoms with Crippen molar-refractivity contribution in [1.29, 1.82) is 0 Å². The fourth-order valence-corrected chi connectivity index (χ4v) is 15.2. The van der Waals surface area contributed by atoms with E-state index in [9.17, 15) is 43.2 Å².